The summed E-state index contributed by atoms with van der Waals surface area (Å²) >= 11 is 8.88. The van der Waals surface area contributed by atoms with Crippen LogP contribution < -0.4 is 5.32 Å². The first-order chi connectivity index (χ1) is 9.65. The Morgan fingerprint density at radius 3 is 2.45 bits per heavy atom. The highest BCUT2D eigenvalue weighted by molar-refractivity contribution is 9.11. The first kappa shape index (κ1) is 14.0. The largest absolute Gasteiger partial charge is 0.374 e. The van der Waals surface area contributed by atoms with Crippen molar-refractivity contribution >= 4 is 59.1 Å². The lowest BCUT2D eigenvalue weighted by atomic mass is 10.2. The number of hydrogen-bond acceptors (Lipinski definition) is 3. The quantitative estimate of drug-likeness (QED) is 0.572. The van der Waals surface area contributed by atoms with Crippen LogP contribution in [0.3, 0.4) is 0 Å². The lowest BCUT2D eigenvalue weighted by molar-refractivity contribution is 0.872. The van der Waals surface area contributed by atoms with Crippen molar-refractivity contribution in [2.24, 2.45) is 0 Å². The predicted molar refractivity (Wildman–Crippen MR) is 93.5 cm³/mol. The van der Waals surface area contributed by atoms with E-state index < -0.39 is 0 Å². The molecule has 1 heterocycles. The van der Waals surface area contributed by atoms with E-state index >= 15 is 0 Å². The Morgan fingerprint density at radius 1 is 1.05 bits per heavy atom. The molecule has 0 radical (unpaired) electrons. The van der Waals surface area contributed by atoms with Crippen LogP contribution in [0, 0.1) is 0 Å². The number of benzene rings is 2. The van der Waals surface area contributed by atoms with E-state index in [0.29, 0.717) is 0 Å². The van der Waals surface area contributed by atoms with E-state index in [1.165, 1.54) is 4.70 Å². The van der Waals surface area contributed by atoms with Gasteiger partial charge in [-0.3, -0.25) is 0 Å². The minimum atomic E-state index is 0.155. The number of rotatable bonds is 3. The summed E-state index contributed by atoms with van der Waals surface area (Å²) in [6.45, 7) is 2.13. The predicted octanol–water partition coefficient (Wildman–Crippen LogP) is 5.99. The van der Waals surface area contributed by atoms with Crippen molar-refractivity contribution in [3.05, 3.63) is 56.4 Å². The summed E-state index contributed by atoms with van der Waals surface area (Å²) in [6.07, 6.45) is 0. The second-order valence-electron chi connectivity index (χ2n) is 4.48. The SMILES string of the molecule is CC(Nc1c(Br)cccc1Br)c1nc2ccccc2s1. The highest BCUT2D eigenvalue weighted by atomic mass is 79.9. The number of fused-ring (bicyclic) bond motifs is 1. The van der Waals surface area contributed by atoms with Crippen LogP contribution in [-0.2, 0) is 0 Å². The molecule has 2 aromatic carbocycles. The second kappa shape index (κ2) is 5.84. The molecule has 2 nitrogen and oxygen atoms in total. The molecule has 3 aromatic rings. The molecule has 0 saturated heterocycles. The summed E-state index contributed by atoms with van der Waals surface area (Å²) in [7, 11) is 0. The first-order valence-corrected chi connectivity index (χ1v) is 8.61. The molecule has 0 bridgehead atoms. The van der Waals surface area contributed by atoms with Gasteiger partial charge in [0, 0.05) is 8.95 Å². The lowest BCUT2D eigenvalue weighted by Gasteiger charge is -2.15. The monoisotopic (exact) mass is 410 g/mol. The van der Waals surface area contributed by atoms with Crippen LogP contribution >= 0.6 is 43.2 Å². The van der Waals surface area contributed by atoms with Crippen LogP contribution in [0.25, 0.3) is 10.2 Å². The van der Waals surface area contributed by atoms with Crippen molar-refractivity contribution < 1.29 is 0 Å². The van der Waals surface area contributed by atoms with E-state index in [4.69, 9.17) is 4.98 Å². The normalized spacial score (nSPS) is 12.6. The molecule has 0 spiro atoms. The number of hydrogen-bond donors (Lipinski definition) is 1. The lowest BCUT2D eigenvalue weighted by Crippen LogP contribution is -2.07. The Balaban J connectivity index is 1.91. The van der Waals surface area contributed by atoms with Crippen LogP contribution in [0.15, 0.2) is 51.4 Å². The third-order valence-electron chi connectivity index (χ3n) is 3.00. The number of anilines is 1. The minimum absolute atomic E-state index is 0.155. The van der Waals surface area contributed by atoms with Gasteiger partial charge in [-0.15, -0.1) is 11.3 Å². The fourth-order valence-corrected chi connectivity index (χ4v) is 4.19. The summed E-state index contributed by atoms with van der Waals surface area (Å²) < 4.78 is 3.31. The van der Waals surface area contributed by atoms with Crippen LogP contribution in [0.2, 0.25) is 0 Å². The standard InChI is InChI=1S/C15H12Br2N2S/c1-9(18-14-10(16)5-4-6-11(14)17)15-19-12-7-2-3-8-13(12)20-15/h2-9,18H,1H3. The Morgan fingerprint density at radius 2 is 1.75 bits per heavy atom. The highest BCUT2D eigenvalue weighted by Gasteiger charge is 2.14. The van der Waals surface area contributed by atoms with E-state index in [2.05, 4.69) is 56.2 Å². The Kier molecular flexibility index (Phi) is 4.10. The average Bonchev–Trinajstić information content (AvgIpc) is 2.87. The van der Waals surface area contributed by atoms with Crippen LogP contribution in [0.4, 0.5) is 5.69 Å². The van der Waals surface area contributed by atoms with Gasteiger partial charge in [0.15, 0.2) is 0 Å². The molecular formula is C15H12Br2N2S. The summed E-state index contributed by atoms with van der Waals surface area (Å²) in [5.74, 6) is 0. The number of aromatic nitrogens is 1. The summed E-state index contributed by atoms with van der Waals surface area (Å²) in [6, 6.07) is 14.4. The van der Waals surface area contributed by atoms with Gasteiger partial charge in [-0.05, 0) is 63.0 Å². The molecule has 0 fully saturated rings. The van der Waals surface area contributed by atoms with E-state index in [-0.39, 0.29) is 6.04 Å². The van der Waals surface area contributed by atoms with Gasteiger partial charge < -0.3 is 5.32 Å². The van der Waals surface area contributed by atoms with Crippen LogP contribution in [0.1, 0.15) is 18.0 Å². The molecule has 102 valence electrons. The van der Waals surface area contributed by atoms with Gasteiger partial charge in [-0.25, -0.2) is 4.98 Å². The smallest absolute Gasteiger partial charge is 0.116 e. The third-order valence-corrected chi connectivity index (χ3v) is 5.55. The minimum Gasteiger partial charge on any atom is -0.374 e. The van der Waals surface area contributed by atoms with E-state index in [0.717, 1.165) is 25.2 Å². The average molecular weight is 412 g/mol. The fraction of sp³-hybridized carbons (Fsp3) is 0.133. The highest BCUT2D eigenvalue weighted by Crippen LogP contribution is 2.35. The van der Waals surface area contributed by atoms with Gasteiger partial charge in [0.25, 0.3) is 0 Å². The summed E-state index contributed by atoms with van der Waals surface area (Å²) in [4.78, 5) is 4.69. The number of nitrogens with zero attached hydrogens (tertiary/aromatic N) is 1. The topological polar surface area (TPSA) is 24.9 Å². The van der Waals surface area contributed by atoms with E-state index in [1.807, 2.05) is 30.3 Å². The van der Waals surface area contributed by atoms with Crippen molar-refractivity contribution in [3.63, 3.8) is 0 Å². The Labute approximate surface area is 138 Å². The van der Waals surface area contributed by atoms with Crippen molar-refractivity contribution in [1.29, 1.82) is 0 Å². The molecule has 0 saturated carbocycles. The molecule has 3 rings (SSSR count). The molecule has 0 aliphatic heterocycles. The summed E-state index contributed by atoms with van der Waals surface area (Å²) in [5.41, 5.74) is 2.12. The molecule has 1 aromatic heterocycles. The third kappa shape index (κ3) is 2.75. The van der Waals surface area contributed by atoms with Crippen molar-refractivity contribution in [2.45, 2.75) is 13.0 Å². The zero-order valence-electron chi connectivity index (χ0n) is 10.7. The fourth-order valence-electron chi connectivity index (χ4n) is 1.99. The molecule has 0 amide bonds. The molecule has 20 heavy (non-hydrogen) atoms. The van der Waals surface area contributed by atoms with Gasteiger partial charge >= 0.3 is 0 Å². The van der Waals surface area contributed by atoms with E-state index in [9.17, 15) is 0 Å². The molecule has 0 aliphatic carbocycles. The number of halogens is 2. The molecule has 1 unspecified atom stereocenters. The van der Waals surface area contributed by atoms with Crippen molar-refractivity contribution in [2.75, 3.05) is 5.32 Å². The van der Waals surface area contributed by atoms with Gasteiger partial charge in [0.1, 0.15) is 5.01 Å². The van der Waals surface area contributed by atoms with Crippen LogP contribution in [-0.4, -0.2) is 4.98 Å². The molecule has 1 atom stereocenters. The zero-order chi connectivity index (χ0) is 14.1. The molecule has 1 N–H and O–H groups in total. The van der Waals surface area contributed by atoms with Crippen molar-refractivity contribution in [1.82, 2.24) is 4.98 Å². The Bertz CT molecular complexity index is 701. The van der Waals surface area contributed by atoms with E-state index in [1.54, 1.807) is 11.3 Å². The Hall–Kier alpha value is -0.910. The summed E-state index contributed by atoms with van der Waals surface area (Å²) in [5, 5.41) is 4.60. The molecule has 0 aliphatic rings. The zero-order valence-corrected chi connectivity index (χ0v) is 14.7. The molecular weight excluding hydrogens is 400 g/mol. The number of thiazole rings is 1. The first-order valence-electron chi connectivity index (χ1n) is 6.21. The maximum atomic E-state index is 4.69. The maximum Gasteiger partial charge on any atom is 0.116 e. The maximum absolute atomic E-state index is 4.69. The molecule has 5 heteroatoms. The van der Waals surface area contributed by atoms with Gasteiger partial charge in [-0.1, -0.05) is 18.2 Å². The second-order valence-corrected chi connectivity index (χ2v) is 7.25. The number of nitrogens with one attached hydrogen (secondary N) is 1. The van der Waals surface area contributed by atoms with Crippen LogP contribution in [0.5, 0.6) is 0 Å². The van der Waals surface area contributed by atoms with Gasteiger partial charge in [0.05, 0.1) is 21.9 Å². The van der Waals surface area contributed by atoms with Gasteiger partial charge in [-0.2, -0.15) is 0 Å². The number of para-hydroxylation sites is 2. The van der Waals surface area contributed by atoms with Crippen molar-refractivity contribution in [3.8, 4) is 0 Å². The van der Waals surface area contributed by atoms with Gasteiger partial charge in [0.2, 0.25) is 0 Å².